The maximum absolute atomic E-state index is 14.8. The van der Waals surface area contributed by atoms with Crippen LogP contribution in [0.2, 0.25) is 0 Å². The van der Waals surface area contributed by atoms with E-state index in [0.717, 1.165) is 87.2 Å². The number of oxime groups is 1. The molecule has 3 fully saturated rings. The third kappa shape index (κ3) is 11.7. The van der Waals surface area contributed by atoms with Crippen molar-refractivity contribution >= 4 is 11.6 Å². The number of carbonyl (C=O) groups is 1. The topological polar surface area (TPSA) is 143 Å². The molecule has 3 N–H and O–H groups in total. The lowest BCUT2D eigenvalue weighted by atomic mass is 9.55. The Morgan fingerprint density at radius 3 is 2.47 bits per heavy atom. The molecule has 6 rings (SSSR count). The number of hydrogen-bond acceptors (Lipinski definition) is 11. The predicted octanol–water partition coefficient (Wildman–Crippen LogP) is 6.62. The number of rotatable bonds is 25. The number of ether oxygens (including phenoxy) is 4. The van der Waals surface area contributed by atoms with Crippen molar-refractivity contribution in [3.05, 3.63) is 48.1 Å². The van der Waals surface area contributed by atoms with Gasteiger partial charge in [-0.15, -0.1) is 6.58 Å². The fourth-order valence-corrected chi connectivity index (χ4v) is 10.1. The van der Waals surface area contributed by atoms with Gasteiger partial charge in [0.15, 0.2) is 0 Å². The molecule has 6 atom stereocenters. The van der Waals surface area contributed by atoms with Gasteiger partial charge in [-0.05, 0) is 94.4 Å². The van der Waals surface area contributed by atoms with Crippen molar-refractivity contribution in [3.63, 3.8) is 0 Å². The molecule has 0 unspecified atom stereocenters. The number of nitrogens with zero attached hydrogens (tertiary/aromatic N) is 3. The number of carbonyl (C=O) groups excluding carboxylic acids is 1. The van der Waals surface area contributed by atoms with Gasteiger partial charge < -0.3 is 44.0 Å². The fraction of sp³-hybridized carbons (Fsp3) is 0.745. The molecule has 12 nitrogen and oxygen atoms in total. The summed E-state index contributed by atoms with van der Waals surface area (Å²) in [6, 6.07) is 5.55. The van der Waals surface area contributed by atoms with E-state index in [2.05, 4.69) is 23.6 Å². The Morgan fingerprint density at radius 1 is 1.02 bits per heavy atom. The van der Waals surface area contributed by atoms with Crippen LogP contribution in [-0.2, 0) is 19.1 Å². The van der Waals surface area contributed by atoms with Crippen molar-refractivity contribution in [2.45, 2.75) is 128 Å². The normalized spacial score (nSPS) is 27.1. The van der Waals surface area contributed by atoms with Crippen molar-refractivity contribution in [1.82, 2.24) is 9.80 Å². The van der Waals surface area contributed by atoms with E-state index in [1.807, 2.05) is 37.8 Å². The van der Waals surface area contributed by atoms with Crippen molar-refractivity contribution in [1.29, 1.82) is 0 Å². The largest absolute Gasteiger partial charge is 0.492 e. The van der Waals surface area contributed by atoms with E-state index >= 15 is 0 Å². The van der Waals surface area contributed by atoms with Crippen molar-refractivity contribution in [2.75, 3.05) is 72.4 Å². The first-order valence-electron chi connectivity index (χ1n) is 22.7. The summed E-state index contributed by atoms with van der Waals surface area (Å²) in [6.45, 7) is 14.8. The van der Waals surface area contributed by atoms with Crippen LogP contribution in [0.4, 0.5) is 0 Å². The minimum atomic E-state index is -1.33. The van der Waals surface area contributed by atoms with Gasteiger partial charge in [0.05, 0.1) is 38.1 Å². The van der Waals surface area contributed by atoms with Gasteiger partial charge in [0, 0.05) is 63.7 Å². The van der Waals surface area contributed by atoms with E-state index in [0.29, 0.717) is 50.5 Å². The molecule has 2 aliphatic heterocycles. The summed E-state index contributed by atoms with van der Waals surface area (Å²) < 4.78 is 26.8. The minimum absolute atomic E-state index is 0.0258. The molecule has 330 valence electrons. The molecule has 2 heterocycles. The summed E-state index contributed by atoms with van der Waals surface area (Å²) in [7, 11) is 0. The van der Waals surface area contributed by atoms with E-state index < -0.39 is 17.4 Å². The predicted molar refractivity (Wildman–Crippen MR) is 229 cm³/mol. The van der Waals surface area contributed by atoms with Gasteiger partial charge in [-0.3, -0.25) is 9.69 Å². The molecule has 0 aromatic heterocycles. The second-order valence-corrected chi connectivity index (χ2v) is 18.3. The van der Waals surface area contributed by atoms with E-state index in [9.17, 15) is 20.1 Å². The molecular formula is C47H73N3O9. The van der Waals surface area contributed by atoms with Crippen molar-refractivity contribution < 1.29 is 43.9 Å². The Morgan fingerprint density at radius 2 is 1.78 bits per heavy atom. The molecule has 1 aromatic rings. The van der Waals surface area contributed by atoms with Gasteiger partial charge in [0.2, 0.25) is 11.7 Å². The molecule has 59 heavy (non-hydrogen) atoms. The third-order valence-electron chi connectivity index (χ3n) is 12.9. The number of allylic oxidation sites excluding steroid dienone is 1. The summed E-state index contributed by atoms with van der Waals surface area (Å²) in [5.41, 5.74) is 2.28. The van der Waals surface area contributed by atoms with Gasteiger partial charge in [-0.2, -0.15) is 0 Å². The number of unbranched alkanes of at least 4 members (excludes halogenated alkanes) is 2. The Balaban J connectivity index is 1.53. The van der Waals surface area contributed by atoms with Crippen LogP contribution in [0.25, 0.3) is 0 Å². The molecule has 0 spiro atoms. The fourth-order valence-electron chi connectivity index (χ4n) is 10.1. The van der Waals surface area contributed by atoms with Crippen LogP contribution in [0.1, 0.15) is 116 Å². The zero-order chi connectivity index (χ0) is 41.8. The molecule has 1 amide bonds. The van der Waals surface area contributed by atoms with Gasteiger partial charge in [0.25, 0.3) is 0 Å². The van der Waals surface area contributed by atoms with E-state index in [1.54, 1.807) is 6.08 Å². The molecular weight excluding hydrogens is 751 g/mol. The summed E-state index contributed by atoms with van der Waals surface area (Å²) in [4.78, 5) is 25.4. The molecule has 2 saturated carbocycles. The highest BCUT2D eigenvalue weighted by Crippen LogP contribution is 2.62. The van der Waals surface area contributed by atoms with Crippen LogP contribution in [-0.4, -0.2) is 127 Å². The van der Waals surface area contributed by atoms with Crippen molar-refractivity contribution in [3.8, 4) is 11.5 Å². The van der Waals surface area contributed by atoms with Gasteiger partial charge in [-0.1, -0.05) is 55.8 Å². The van der Waals surface area contributed by atoms with Crippen LogP contribution in [0.15, 0.2) is 47.7 Å². The Hall–Kier alpha value is -3.00. The Bertz CT molecular complexity index is 1570. The van der Waals surface area contributed by atoms with Gasteiger partial charge in [0.1, 0.15) is 29.7 Å². The average Bonchev–Trinajstić information content (AvgIpc) is 3.90. The lowest BCUT2D eigenvalue weighted by Crippen LogP contribution is -2.70. The number of aliphatic hydroxyl groups is 3. The molecule has 1 saturated heterocycles. The van der Waals surface area contributed by atoms with Crippen LogP contribution in [0.5, 0.6) is 11.5 Å². The minimum Gasteiger partial charge on any atom is -0.492 e. The molecule has 3 aliphatic carbocycles. The van der Waals surface area contributed by atoms with E-state index in [4.69, 9.17) is 28.9 Å². The second kappa shape index (κ2) is 21.7. The van der Waals surface area contributed by atoms with E-state index in [-0.39, 0.29) is 69.2 Å². The number of amides is 1. The summed E-state index contributed by atoms with van der Waals surface area (Å²) in [5, 5.41) is 34.4. The number of fused-ring (bicyclic) bond motifs is 2. The summed E-state index contributed by atoms with van der Waals surface area (Å²) in [5.74, 6) is 0.486. The van der Waals surface area contributed by atoms with Gasteiger partial charge >= 0.3 is 0 Å². The van der Waals surface area contributed by atoms with Crippen molar-refractivity contribution in [2.24, 2.45) is 28.8 Å². The highest BCUT2D eigenvalue weighted by molar-refractivity contribution is 6.03. The van der Waals surface area contributed by atoms with E-state index in [1.165, 1.54) is 12.8 Å². The zero-order valence-corrected chi connectivity index (χ0v) is 36.2. The lowest BCUT2D eigenvalue weighted by molar-refractivity contribution is -0.258. The summed E-state index contributed by atoms with van der Waals surface area (Å²) >= 11 is 0. The molecule has 5 aliphatic rings. The number of benzene rings is 1. The van der Waals surface area contributed by atoms with Gasteiger partial charge in [-0.25, -0.2) is 0 Å². The van der Waals surface area contributed by atoms with Crippen LogP contribution in [0.3, 0.4) is 0 Å². The smallest absolute Gasteiger partial charge is 0.239 e. The first-order valence-corrected chi connectivity index (χ1v) is 22.7. The number of aliphatic hydroxyl groups excluding tert-OH is 3. The van der Waals surface area contributed by atoms with Crippen LogP contribution >= 0.6 is 0 Å². The third-order valence-corrected chi connectivity index (χ3v) is 12.9. The monoisotopic (exact) mass is 824 g/mol. The SMILES string of the molecule is C=CCO[C@@]12Oc3ccc(OCCN4CC4)cc3[C@H]3[C@H](CCCCO)[C@@H](CCCCO)C=C(C(=NOC(C)(C)C)C[C@@H]1N(CCOCCO)C(=O)CCC1CCCC1)[C@H]32. The summed E-state index contributed by atoms with van der Waals surface area (Å²) in [6.07, 6.45) is 15.3. The zero-order valence-electron chi connectivity index (χ0n) is 36.2. The maximum atomic E-state index is 14.8. The standard InChI is InChI=1S/C47H73N3O9/c1-5-27-57-47-42(50(23-28-55-30-26-53)43(54)19-16-34-12-6-7-13-34)33-40(48-59-46(2,3)4)38-31-35(14-8-10-24-51)37(15-9-11-25-52)44(45(38)47)39-32-36(17-18-41(39)58-47)56-29-22-49-20-21-49/h5,17-18,31-32,34-35,37,42,44-45,51-53H,1,6-16,19-30,33H2,2-4H3/t35-,37+,42-,44+,45+,47+/m0/s1. The number of hydrogen-bond donors (Lipinski definition) is 3. The molecule has 1 aromatic carbocycles. The Labute approximate surface area is 352 Å². The lowest BCUT2D eigenvalue weighted by Gasteiger charge is -2.60. The molecule has 12 heteroatoms. The highest BCUT2D eigenvalue weighted by Gasteiger charge is 2.65. The maximum Gasteiger partial charge on any atom is 0.239 e. The quantitative estimate of drug-likeness (QED) is 0.0427. The van der Waals surface area contributed by atoms with Crippen LogP contribution < -0.4 is 9.47 Å². The second-order valence-electron chi connectivity index (χ2n) is 18.3. The highest BCUT2D eigenvalue weighted by atomic mass is 16.7. The average molecular weight is 824 g/mol. The molecule has 0 bridgehead atoms. The Kier molecular flexibility index (Phi) is 16.7. The first-order chi connectivity index (χ1) is 28.6. The van der Waals surface area contributed by atoms with Crippen LogP contribution in [0, 0.1) is 23.7 Å². The molecule has 0 radical (unpaired) electrons. The first kappa shape index (κ1) is 45.5.